The van der Waals surface area contributed by atoms with Crippen molar-refractivity contribution in [3.8, 4) is 23.0 Å². The minimum Gasteiger partial charge on any atom is -0.463 e. The molecule has 4 aromatic heterocycles. The summed E-state index contributed by atoms with van der Waals surface area (Å²) in [4.78, 5) is 21.6. The lowest BCUT2D eigenvalue weighted by molar-refractivity contribution is 0.0945. The lowest BCUT2D eigenvalue weighted by Gasteiger charge is -2.08. The fourth-order valence-electron chi connectivity index (χ4n) is 3.49. The van der Waals surface area contributed by atoms with Gasteiger partial charge in [0.15, 0.2) is 11.5 Å². The van der Waals surface area contributed by atoms with Crippen LogP contribution >= 0.6 is 11.6 Å². The van der Waals surface area contributed by atoms with Gasteiger partial charge in [0.1, 0.15) is 17.3 Å². The number of carbonyl (C=O) groups is 1. The van der Waals surface area contributed by atoms with Crippen molar-refractivity contribution in [3.63, 3.8) is 0 Å². The van der Waals surface area contributed by atoms with Crippen molar-refractivity contribution in [3.05, 3.63) is 102 Å². The largest absolute Gasteiger partial charge is 0.463 e. The van der Waals surface area contributed by atoms with E-state index in [0.717, 1.165) is 22.9 Å². The summed E-state index contributed by atoms with van der Waals surface area (Å²) < 4.78 is 9.08. The van der Waals surface area contributed by atoms with Crippen LogP contribution < -0.4 is 5.32 Å². The number of aryl methyl sites for hydroxylation is 1. The number of amides is 1. The molecule has 1 N–H and O–H groups in total. The lowest BCUT2D eigenvalue weighted by Crippen LogP contribution is -2.23. The molecule has 0 saturated carbocycles. The smallest absolute Gasteiger partial charge is 0.272 e. The Labute approximate surface area is 194 Å². The molecule has 1 amide bonds. The molecule has 8 nitrogen and oxygen atoms in total. The van der Waals surface area contributed by atoms with Crippen molar-refractivity contribution in [1.29, 1.82) is 0 Å². The molecule has 164 valence electrons. The predicted molar refractivity (Wildman–Crippen MR) is 124 cm³/mol. The van der Waals surface area contributed by atoms with E-state index in [1.165, 1.54) is 0 Å². The SMILES string of the molecule is Cc1nccn1-c1cc(CNC(=O)c2cc(-c3ccco3)n(-c3cccc(Cl)c3)n2)ccn1. The monoisotopic (exact) mass is 458 g/mol. The second-order valence-corrected chi connectivity index (χ2v) is 7.77. The number of rotatable bonds is 6. The van der Waals surface area contributed by atoms with Crippen molar-refractivity contribution in [1.82, 2.24) is 29.6 Å². The van der Waals surface area contributed by atoms with Gasteiger partial charge in [-0.05, 0) is 55.0 Å². The second-order valence-electron chi connectivity index (χ2n) is 7.33. The van der Waals surface area contributed by atoms with E-state index in [4.69, 9.17) is 16.0 Å². The summed E-state index contributed by atoms with van der Waals surface area (Å²) in [5.74, 6) is 1.86. The van der Waals surface area contributed by atoms with Gasteiger partial charge in [0.2, 0.25) is 0 Å². The number of furan rings is 1. The van der Waals surface area contributed by atoms with Crippen LogP contribution in [0.25, 0.3) is 23.0 Å². The molecule has 0 fully saturated rings. The molecule has 9 heteroatoms. The number of aromatic nitrogens is 5. The number of hydrogen-bond acceptors (Lipinski definition) is 5. The van der Waals surface area contributed by atoms with Gasteiger partial charge in [0, 0.05) is 36.2 Å². The number of hydrogen-bond donors (Lipinski definition) is 1. The van der Waals surface area contributed by atoms with Crippen LogP contribution in [0.1, 0.15) is 21.9 Å². The van der Waals surface area contributed by atoms with Gasteiger partial charge in [-0.2, -0.15) is 5.10 Å². The molecule has 0 atom stereocenters. The standard InChI is InChI=1S/C24H19ClN6O2/c1-16-26-9-10-30(16)23-12-17(7-8-27-23)15-28-24(32)20-14-21(22-6-3-11-33-22)31(29-20)19-5-2-4-18(25)13-19/h2-14H,15H2,1H3,(H,28,32). The van der Waals surface area contributed by atoms with Gasteiger partial charge >= 0.3 is 0 Å². The first kappa shape index (κ1) is 20.7. The first-order chi connectivity index (χ1) is 16.1. The van der Waals surface area contributed by atoms with Crippen LogP contribution in [0.5, 0.6) is 0 Å². The van der Waals surface area contributed by atoms with E-state index in [2.05, 4.69) is 20.4 Å². The summed E-state index contributed by atoms with van der Waals surface area (Å²) in [6.45, 7) is 2.23. The molecule has 0 saturated heterocycles. The summed E-state index contributed by atoms with van der Waals surface area (Å²) in [5, 5.41) is 8.02. The maximum Gasteiger partial charge on any atom is 0.272 e. The topological polar surface area (TPSA) is 90.8 Å². The normalized spacial score (nSPS) is 11.0. The van der Waals surface area contributed by atoms with Crippen LogP contribution in [0.15, 0.2) is 83.9 Å². The number of pyridine rings is 1. The quantitative estimate of drug-likeness (QED) is 0.401. The summed E-state index contributed by atoms with van der Waals surface area (Å²) in [5.41, 5.74) is 2.54. The Bertz CT molecular complexity index is 1420. The third-order valence-electron chi connectivity index (χ3n) is 5.10. The van der Waals surface area contributed by atoms with Crippen LogP contribution in [0.3, 0.4) is 0 Å². The minimum absolute atomic E-state index is 0.265. The highest BCUT2D eigenvalue weighted by atomic mass is 35.5. The predicted octanol–water partition coefficient (Wildman–Crippen LogP) is 4.60. The molecule has 0 spiro atoms. The number of nitrogens with zero attached hydrogens (tertiary/aromatic N) is 5. The first-order valence-corrected chi connectivity index (χ1v) is 10.6. The van der Waals surface area contributed by atoms with Crippen molar-refractivity contribution in [2.75, 3.05) is 0 Å². The maximum absolute atomic E-state index is 12.9. The molecule has 4 heterocycles. The summed E-state index contributed by atoms with van der Waals surface area (Å²) in [7, 11) is 0. The van der Waals surface area contributed by atoms with Gasteiger partial charge in [-0.3, -0.25) is 9.36 Å². The average molecular weight is 459 g/mol. The molecule has 0 bridgehead atoms. The van der Waals surface area contributed by atoms with Gasteiger partial charge in [-0.1, -0.05) is 17.7 Å². The van der Waals surface area contributed by atoms with Crippen molar-refractivity contribution < 1.29 is 9.21 Å². The van der Waals surface area contributed by atoms with Crippen LogP contribution in [-0.4, -0.2) is 30.2 Å². The fourth-order valence-corrected chi connectivity index (χ4v) is 3.68. The Balaban J connectivity index is 1.39. The second kappa shape index (κ2) is 8.76. The van der Waals surface area contributed by atoms with Gasteiger partial charge in [-0.15, -0.1) is 0 Å². The van der Waals surface area contributed by atoms with E-state index in [9.17, 15) is 4.79 Å². The highest BCUT2D eigenvalue weighted by Crippen LogP contribution is 2.26. The Kier molecular flexibility index (Phi) is 5.50. The van der Waals surface area contributed by atoms with E-state index < -0.39 is 0 Å². The molecular formula is C24H19ClN6O2. The summed E-state index contributed by atoms with van der Waals surface area (Å²) in [6.07, 6.45) is 6.85. The lowest BCUT2D eigenvalue weighted by atomic mass is 10.2. The molecule has 0 aliphatic heterocycles. The molecule has 0 aliphatic carbocycles. The maximum atomic E-state index is 12.9. The van der Waals surface area contributed by atoms with E-state index in [1.807, 2.05) is 48.0 Å². The molecule has 0 radical (unpaired) electrons. The Morgan fingerprint density at radius 1 is 1.09 bits per heavy atom. The highest BCUT2D eigenvalue weighted by Gasteiger charge is 2.18. The van der Waals surface area contributed by atoms with Crippen LogP contribution in [0, 0.1) is 6.92 Å². The van der Waals surface area contributed by atoms with E-state index >= 15 is 0 Å². The zero-order valence-electron chi connectivity index (χ0n) is 17.6. The summed E-state index contributed by atoms with van der Waals surface area (Å²) >= 11 is 6.16. The van der Waals surface area contributed by atoms with Crippen LogP contribution in [0.4, 0.5) is 0 Å². The molecule has 1 aromatic carbocycles. The molecule has 5 aromatic rings. The molecule has 0 aliphatic rings. The Morgan fingerprint density at radius 2 is 2.00 bits per heavy atom. The third kappa shape index (κ3) is 4.28. The zero-order chi connectivity index (χ0) is 22.8. The number of nitrogens with one attached hydrogen (secondary N) is 1. The fraction of sp³-hybridized carbons (Fsp3) is 0.0833. The van der Waals surface area contributed by atoms with Crippen molar-refractivity contribution in [2.45, 2.75) is 13.5 Å². The van der Waals surface area contributed by atoms with Crippen LogP contribution in [0.2, 0.25) is 5.02 Å². The Morgan fingerprint density at radius 3 is 2.76 bits per heavy atom. The van der Waals surface area contributed by atoms with E-state index in [-0.39, 0.29) is 11.6 Å². The van der Waals surface area contributed by atoms with Crippen molar-refractivity contribution in [2.24, 2.45) is 0 Å². The minimum atomic E-state index is -0.305. The van der Waals surface area contributed by atoms with Gasteiger partial charge in [0.05, 0.1) is 12.0 Å². The zero-order valence-corrected chi connectivity index (χ0v) is 18.4. The molecule has 0 unspecified atom stereocenters. The average Bonchev–Trinajstić information content (AvgIpc) is 3.58. The Hall–Kier alpha value is -4.17. The van der Waals surface area contributed by atoms with Crippen LogP contribution in [-0.2, 0) is 6.54 Å². The third-order valence-corrected chi connectivity index (χ3v) is 5.34. The van der Waals surface area contributed by atoms with E-state index in [0.29, 0.717) is 23.0 Å². The van der Waals surface area contributed by atoms with Crippen molar-refractivity contribution >= 4 is 17.5 Å². The molecule has 33 heavy (non-hydrogen) atoms. The van der Waals surface area contributed by atoms with E-state index in [1.54, 1.807) is 47.6 Å². The number of halogens is 1. The first-order valence-electron chi connectivity index (χ1n) is 10.2. The summed E-state index contributed by atoms with van der Waals surface area (Å²) in [6, 6.07) is 16.3. The highest BCUT2D eigenvalue weighted by molar-refractivity contribution is 6.30. The number of benzene rings is 1. The van der Waals surface area contributed by atoms with Gasteiger partial charge in [0.25, 0.3) is 5.91 Å². The molecular weight excluding hydrogens is 440 g/mol. The van der Waals surface area contributed by atoms with Gasteiger partial charge in [-0.25, -0.2) is 14.6 Å². The molecule has 5 rings (SSSR count). The number of imidazole rings is 1. The van der Waals surface area contributed by atoms with Gasteiger partial charge < -0.3 is 9.73 Å². The number of carbonyl (C=O) groups excluding carboxylic acids is 1.